The zero-order valence-electron chi connectivity index (χ0n) is 11.1. The summed E-state index contributed by atoms with van der Waals surface area (Å²) in [7, 11) is 0. The van der Waals surface area contributed by atoms with Crippen LogP contribution >= 0.6 is 0 Å². The molecule has 0 radical (unpaired) electrons. The molecule has 1 heterocycles. The Morgan fingerprint density at radius 1 is 1.33 bits per heavy atom. The number of nitrogen functional groups attached to an aromatic ring is 1. The quantitative estimate of drug-likeness (QED) is 0.771. The maximum absolute atomic E-state index is 12.4. The fourth-order valence-corrected chi connectivity index (χ4v) is 2.34. The van der Waals surface area contributed by atoms with E-state index in [1.54, 1.807) is 12.1 Å². The standard InChI is InChI=1S/C14H20N2O2/c1-9-6-12(4-5-13(9)15)14(17)16-7-10(2)18-11(3)8-16/h4-6,10-11H,7-8,15H2,1-3H3/t10-,11+. The van der Waals surface area contributed by atoms with Crippen LogP contribution in [-0.2, 0) is 4.74 Å². The second-order valence-corrected chi connectivity index (χ2v) is 5.04. The minimum Gasteiger partial charge on any atom is -0.399 e. The lowest BCUT2D eigenvalue weighted by Crippen LogP contribution is -2.48. The number of amides is 1. The van der Waals surface area contributed by atoms with Gasteiger partial charge in [-0.15, -0.1) is 0 Å². The lowest BCUT2D eigenvalue weighted by molar-refractivity contribution is -0.0586. The highest BCUT2D eigenvalue weighted by molar-refractivity contribution is 5.95. The molecule has 1 saturated heterocycles. The molecule has 2 atom stereocenters. The molecule has 1 amide bonds. The van der Waals surface area contributed by atoms with Gasteiger partial charge in [-0.2, -0.15) is 0 Å². The summed E-state index contributed by atoms with van der Waals surface area (Å²) in [6.07, 6.45) is 0.181. The Hall–Kier alpha value is -1.55. The summed E-state index contributed by atoms with van der Waals surface area (Å²) in [6, 6.07) is 5.42. The van der Waals surface area contributed by atoms with Gasteiger partial charge in [-0.05, 0) is 44.5 Å². The SMILES string of the molecule is Cc1cc(C(=O)N2C[C@@H](C)O[C@@H](C)C2)ccc1N. The van der Waals surface area contributed by atoms with Gasteiger partial charge in [0.2, 0.25) is 0 Å². The second-order valence-electron chi connectivity index (χ2n) is 5.04. The Morgan fingerprint density at radius 3 is 2.50 bits per heavy atom. The Bertz CT molecular complexity index is 449. The minimum atomic E-state index is 0.0556. The molecule has 2 rings (SSSR count). The molecule has 1 aliphatic heterocycles. The fraction of sp³-hybridized carbons (Fsp3) is 0.500. The van der Waals surface area contributed by atoms with Crippen LogP contribution in [0.2, 0.25) is 0 Å². The van der Waals surface area contributed by atoms with Crippen LogP contribution in [0.1, 0.15) is 29.8 Å². The first-order valence-electron chi connectivity index (χ1n) is 6.28. The van der Waals surface area contributed by atoms with Gasteiger partial charge in [0.15, 0.2) is 0 Å². The van der Waals surface area contributed by atoms with E-state index >= 15 is 0 Å². The molecule has 0 aromatic heterocycles. The van der Waals surface area contributed by atoms with Crippen LogP contribution in [0, 0.1) is 6.92 Å². The Balaban J connectivity index is 2.17. The summed E-state index contributed by atoms with van der Waals surface area (Å²) in [4.78, 5) is 14.2. The number of carbonyl (C=O) groups is 1. The predicted molar refractivity (Wildman–Crippen MR) is 71.5 cm³/mol. The molecule has 1 aromatic rings. The molecule has 98 valence electrons. The molecule has 4 nitrogen and oxygen atoms in total. The zero-order valence-corrected chi connectivity index (χ0v) is 11.1. The van der Waals surface area contributed by atoms with Crippen LogP contribution in [0.3, 0.4) is 0 Å². The van der Waals surface area contributed by atoms with E-state index in [4.69, 9.17) is 10.5 Å². The van der Waals surface area contributed by atoms with Crippen molar-refractivity contribution < 1.29 is 9.53 Å². The molecular weight excluding hydrogens is 228 g/mol. The van der Waals surface area contributed by atoms with Gasteiger partial charge in [-0.25, -0.2) is 0 Å². The molecule has 0 spiro atoms. The first kappa shape index (κ1) is 12.9. The van der Waals surface area contributed by atoms with Gasteiger partial charge >= 0.3 is 0 Å². The maximum Gasteiger partial charge on any atom is 0.254 e. The average Bonchev–Trinajstić information content (AvgIpc) is 2.30. The normalized spacial score (nSPS) is 24.1. The molecule has 1 aromatic carbocycles. The first-order chi connectivity index (χ1) is 8.47. The third-order valence-electron chi connectivity index (χ3n) is 3.22. The summed E-state index contributed by atoms with van der Waals surface area (Å²) >= 11 is 0. The number of benzene rings is 1. The average molecular weight is 248 g/mol. The lowest BCUT2D eigenvalue weighted by atomic mass is 10.1. The van der Waals surface area contributed by atoms with Crippen molar-refractivity contribution in [3.63, 3.8) is 0 Å². The van der Waals surface area contributed by atoms with Gasteiger partial charge in [0.05, 0.1) is 12.2 Å². The van der Waals surface area contributed by atoms with E-state index in [1.807, 2.05) is 31.7 Å². The molecule has 0 bridgehead atoms. The molecule has 0 aliphatic carbocycles. The van der Waals surface area contributed by atoms with Crippen molar-refractivity contribution in [3.05, 3.63) is 29.3 Å². The Kier molecular flexibility index (Phi) is 3.57. The van der Waals surface area contributed by atoms with E-state index in [0.29, 0.717) is 18.7 Å². The third-order valence-corrected chi connectivity index (χ3v) is 3.22. The molecule has 2 N–H and O–H groups in total. The van der Waals surface area contributed by atoms with Crippen LogP contribution in [0.15, 0.2) is 18.2 Å². The van der Waals surface area contributed by atoms with Crippen molar-refractivity contribution in [2.24, 2.45) is 0 Å². The maximum atomic E-state index is 12.4. The van der Waals surface area contributed by atoms with Crippen LogP contribution in [0.4, 0.5) is 5.69 Å². The van der Waals surface area contributed by atoms with Gasteiger partial charge in [0, 0.05) is 24.3 Å². The zero-order chi connectivity index (χ0) is 13.3. The topological polar surface area (TPSA) is 55.6 Å². The summed E-state index contributed by atoms with van der Waals surface area (Å²) < 4.78 is 5.63. The van der Waals surface area contributed by atoms with Gasteiger partial charge < -0.3 is 15.4 Å². The van der Waals surface area contributed by atoms with Crippen molar-refractivity contribution >= 4 is 11.6 Å². The van der Waals surface area contributed by atoms with Crippen molar-refractivity contribution in [1.82, 2.24) is 4.90 Å². The molecule has 1 fully saturated rings. The number of morpholine rings is 1. The minimum absolute atomic E-state index is 0.0556. The van der Waals surface area contributed by atoms with E-state index in [1.165, 1.54) is 0 Å². The molecule has 0 unspecified atom stereocenters. The van der Waals surface area contributed by atoms with Crippen LogP contribution in [-0.4, -0.2) is 36.1 Å². The lowest BCUT2D eigenvalue weighted by Gasteiger charge is -2.35. The number of nitrogens with two attached hydrogens (primary N) is 1. The number of hydrogen-bond acceptors (Lipinski definition) is 3. The van der Waals surface area contributed by atoms with Gasteiger partial charge in [-0.1, -0.05) is 0 Å². The largest absolute Gasteiger partial charge is 0.399 e. The summed E-state index contributed by atoms with van der Waals surface area (Å²) in [5.74, 6) is 0.0556. The van der Waals surface area contributed by atoms with E-state index in [0.717, 1.165) is 11.3 Å². The first-order valence-corrected chi connectivity index (χ1v) is 6.28. The molecule has 0 saturated carbocycles. The molecular formula is C14H20N2O2. The number of carbonyl (C=O) groups excluding carboxylic acids is 1. The van der Waals surface area contributed by atoms with Crippen LogP contribution in [0.5, 0.6) is 0 Å². The van der Waals surface area contributed by atoms with E-state index in [9.17, 15) is 4.79 Å². The van der Waals surface area contributed by atoms with E-state index < -0.39 is 0 Å². The second kappa shape index (κ2) is 4.98. The van der Waals surface area contributed by atoms with Crippen molar-refractivity contribution in [2.75, 3.05) is 18.8 Å². The highest BCUT2D eigenvalue weighted by Gasteiger charge is 2.26. The third kappa shape index (κ3) is 2.64. The number of hydrogen-bond donors (Lipinski definition) is 1. The van der Waals surface area contributed by atoms with Crippen LogP contribution < -0.4 is 5.73 Å². The van der Waals surface area contributed by atoms with E-state index in [2.05, 4.69) is 0 Å². The van der Waals surface area contributed by atoms with Crippen molar-refractivity contribution in [2.45, 2.75) is 33.0 Å². The predicted octanol–water partition coefficient (Wildman–Crippen LogP) is 1.83. The Labute approximate surface area is 108 Å². The Morgan fingerprint density at radius 2 is 1.94 bits per heavy atom. The van der Waals surface area contributed by atoms with Crippen molar-refractivity contribution in [3.8, 4) is 0 Å². The molecule has 4 heteroatoms. The summed E-state index contributed by atoms with van der Waals surface area (Å²) in [5.41, 5.74) is 8.12. The number of anilines is 1. The highest BCUT2D eigenvalue weighted by atomic mass is 16.5. The summed E-state index contributed by atoms with van der Waals surface area (Å²) in [5, 5.41) is 0. The van der Waals surface area contributed by atoms with E-state index in [-0.39, 0.29) is 18.1 Å². The number of rotatable bonds is 1. The van der Waals surface area contributed by atoms with Gasteiger partial charge in [0.1, 0.15) is 0 Å². The molecule has 18 heavy (non-hydrogen) atoms. The van der Waals surface area contributed by atoms with Gasteiger partial charge in [0.25, 0.3) is 5.91 Å². The number of aryl methyl sites for hydroxylation is 1. The van der Waals surface area contributed by atoms with Gasteiger partial charge in [-0.3, -0.25) is 4.79 Å². The fourth-order valence-electron chi connectivity index (χ4n) is 2.34. The highest BCUT2D eigenvalue weighted by Crippen LogP contribution is 2.17. The smallest absolute Gasteiger partial charge is 0.254 e. The monoisotopic (exact) mass is 248 g/mol. The summed E-state index contributed by atoms with van der Waals surface area (Å²) in [6.45, 7) is 7.18. The number of nitrogens with zero attached hydrogens (tertiary/aromatic N) is 1. The number of ether oxygens (including phenoxy) is 1. The van der Waals surface area contributed by atoms with Crippen molar-refractivity contribution in [1.29, 1.82) is 0 Å². The molecule has 1 aliphatic rings. The van der Waals surface area contributed by atoms with Crippen LogP contribution in [0.25, 0.3) is 0 Å².